The molecule has 0 aliphatic carbocycles. The Morgan fingerprint density at radius 1 is 1.40 bits per heavy atom. The molecule has 0 saturated carbocycles. The summed E-state index contributed by atoms with van der Waals surface area (Å²) >= 11 is 11.3. The summed E-state index contributed by atoms with van der Waals surface area (Å²) in [5, 5.41) is 3.49. The van der Waals surface area contributed by atoms with Gasteiger partial charge in [0, 0.05) is 18.3 Å². The Morgan fingerprint density at radius 3 is 2.68 bits per heavy atom. The number of rotatable bonds is 6. The van der Waals surface area contributed by atoms with Crippen LogP contribution in [0.25, 0.3) is 0 Å². The predicted octanol–water partition coefficient (Wildman–Crippen LogP) is 2.62. The van der Waals surface area contributed by atoms with E-state index >= 15 is 0 Å². The van der Waals surface area contributed by atoms with E-state index in [1.165, 1.54) is 12.1 Å². The first-order valence-corrected chi connectivity index (χ1v) is 10.7. The maximum absolute atomic E-state index is 13.3. The van der Waals surface area contributed by atoms with Gasteiger partial charge in [0.05, 0.1) is 16.5 Å². The Morgan fingerprint density at radius 2 is 2.12 bits per heavy atom. The second kappa shape index (κ2) is 8.62. The van der Waals surface area contributed by atoms with E-state index in [4.69, 9.17) is 23.8 Å². The molecule has 1 aromatic rings. The van der Waals surface area contributed by atoms with Crippen LogP contribution in [0, 0.1) is 5.82 Å². The largest absolute Gasteiger partial charge is 0.345 e. The third kappa shape index (κ3) is 6.06. The molecule has 1 fully saturated rings. The molecule has 0 radical (unpaired) electrons. The van der Waals surface area contributed by atoms with Crippen molar-refractivity contribution in [1.29, 1.82) is 0 Å². The van der Waals surface area contributed by atoms with E-state index in [0.29, 0.717) is 23.8 Å². The number of nitrogens with zero attached hydrogens (tertiary/aromatic N) is 2. The topological polar surface area (TPSA) is 52.6 Å². The average Bonchev–Trinajstić information content (AvgIpc) is 2.87. The second-order valence-electron chi connectivity index (χ2n) is 6.47. The van der Waals surface area contributed by atoms with Crippen LogP contribution in [-0.4, -0.2) is 68.1 Å². The normalized spacial score (nSPS) is 19.2. The zero-order valence-corrected chi connectivity index (χ0v) is 16.7. The molecule has 2 rings (SSSR count). The van der Waals surface area contributed by atoms with Crippen molar-refractivity contribution in [3.8, 4) is 0 Å². The summed E-state index contributed by atoms with van der Waals surface area (Å²) in [6.45, 7) is 1.53. The minimum absolute atomic E-state index is 0.00963. The Kier molecular flexibility index (Phi) is 7.01. The van der Waals surface area contributed by atoms with Gasteiger partial charge in [0.1, 0.15) is 5.82 Å². The molecule has 1 aliphatic heterocycles. The van der Waals surface area contributed by atoms with Crippen LogP contribution in [0.5, 0.6) is 0 Å². The lowest BCUT2D eigenvalue weighted by atomic mass is 10.2. The van der Waals surface area contributed by atoms with Crippen molar-refractivity contribution in [2.75, 3.05) is 44.0 Å². The maximum Gasteiger partial charge on any atom is 0.173 e. The van der Waals surface area contributed by atoms with Gasteiger partial charge in [0.2, 0.25) is 0 Å². The van der Waals surface area contributed by atoms with E-state index in [-0.39, 0.29) is 22.6 Å². The summed E-state index contributed by atoms with van der Waals surface area (Å²) < 4.78 is 37.0. The highest BCUT2D eigenvalue weighted by Crippen LogP contribution is 2.22. The number of thiocarbonyl (C=S) groups is 1. The van der Waals surface area contributed by atoms with Crippen LogP contribution < -0.4 is 5.32 Å². The Bertz CT molecular complexity index is 728. The SMILES string of the molecule is CN(C)CCCN(C(=S)Nc1ccc(F)c(Cl)c1)[C@@H]1CCS(=O)(=O)C1. The first kappa shape index (κ1) is 20.4. The van der Waals surface area contributed by atoms with Gasteiger partial charge in [0.15, 0.2) is 14.9 Å². The van der Waals surface area contributed by atoms with Gasteiger partial charge in [0.25, 0.3) is 0 Å². The van der Waals surface area contributed by atoms with E-state index < -0.39 is 15.7 Å². The lowest BCUT2D eigenvalue weighted by molar-refractivity contribution is 0.306. The van der Waals surface area contributed by atoms with Crippen LogP contribution in [0.2, 0.25) is 5.02 Å². The van der Waals surface area contributed by atoms with Crippen molar-refractivity contribution in [2.24, 2.45) is 0 Å². The van der Waals surface area contributed by atoms with Gasteiger partial charge in [-0.1, -0.05) is 11.6 Å². The van der Waals surface area contributed by atoms with E-state index in [9.17, 15) is 12.8 Å². The van der Waals surface area contributed by atoms with Crippen molar-refractivity contribution < 1.29 is 12.8 Å². The quantitative estimate of drug-likeness (QED) is 0.731. The molecule has 140 valence electrons. The first-order valence-electron chi connectivity index (χ1n) is 8.06. The molecule has 1 aromatic carbocycles. The molecule has 0 spiro atoms. The summed E-state index contributed by atoms with van der Waals surface area (Å²) in [5.74, 6) is -0.198. The van der Waals surface area contributed by atoms with E-state index in [1.54, 1.807) is 6.07 Å². The maximum atomic E-state index is 13.3. The van der Waals surface area contributed by atoms with Crippen LogP contribution in [-0.2, 0) is 9.84 Å². The summed E-state index contributed by atoms with van der Waals surface area (Å²) in [6, 6.07) is 4.15. The molecule has 9 heteroatoms. The Labute approximate surface area is 159 Å². The third-order valence-electron chi connectivity index (χ3n) is 4.09. The van der Waals surface area contributed by atoms with Crippen LogP contribution in [0.4, 0.5) is 10.1 Å². The van der Waals surface area contributed by atoms with Crippen LogP contribution in [0.3, 0.4) is 0 Å². The summed E-state index contributed by atoms with van der Waals surface area (Å²) in [4.78, 5) is 4.00. The molecular formula is C16H23ClFN3O2S2. The van der Waals surface area contributed by atoms with Crippen LogP contribution in [0.1, 0.15) is 12.8 Å². The Hall–Kier alpha value is -0.960. The first-order chi connectivity index (χ1) is 11.7. The minimum atomic E-state index is -3.01. The van der Waals surface area contributed by atoms with E-state index in [1.807, 2.05) is 19.0 Å². The molecule has 0 amide bonds. The number of hydrogen-bond acceptors (Lipinski definition) is 4. The number of halogens is 2. The van der Waals surface area contributed by atoms with Crippen molar-refractivity contribution >= 4 is 44.5 Å². The summed E-state index contributed by atoms with van der Waals surface area (Å²) in [6.07, 6.45) is 1.42. The fourth-order valence-corrected chi connectivity index (χ4v) is 5.07. The van der Waals surface area contributed by atoms with Gasteiger partial charge in [-0.2, -0.15) is 0 Å². The van der Waals surface area contributed by atoms with Gasteiger partial charge in [-0.15, -0.1) is 0 Å². The number of sulfone groups is 1. The smallest absolute Gasteiger partial charge is 0.173 e. The fourth-order valence-electron chi connectivity index (χ4n) is 2.80. The second-order valence-corrected chi connectivity index (χ2v) is 9.49. The molecule has 0 unspecified atom stereocenters. The van der Waals surface area contributed by atoms with Crippen LogP contribution in [0.15, 0.2) is 18.2 Å². The monoisotopic (exact) mass is 407 g/mol. The zero-order valence-electron chi connectivity index (χ0n) is 14.3. The molecule has 1 aliphatic rings. The van der Waals surface area contributed by atoms with E-state index in [2.05, 4.69) is 10.2 Å². The van der Waals surface area contributed by atoms with Gasteiger partial charge >= 0.3 is 0 Å². The molecule has 1 atom stereocenters. The fraction of sp³-hybridized carbons (Fsp3) is 0.562. The highest BCUT2D eigenvalue weighted by atomic mass is 35.5. The lowest BCUT2D eigenvalue weighted by Crippen LogP contribution is -2.44. The minimum Gasteiger partial charge on any atom is -0.345 e. The highest BCUT2D eigenvalue weighted by Gasteiger charge is 2.33. The predicted molar refractivity (Wildman–Crippen MR) is 105 cm³/mol. The van der Waals surface area contributed by atoms with Crippen molar-refractivity contribution in [3.05, 3.63) is 29.0 Å². The van der Waals surface area contributed by atoms with E-state index in [0.717, 1.165) is 13.0 Å². The van der Waals surface area contributed by atoms with Gasteiger partial charge < -0.3 is 15.1 Å². The summed E-state index contributed by atoms with van der Waals surface area (Å²) in [5.41, 5.74) is 0.579. The highest BCUT2D eigenvalue weighted by molar-refractivity contribution is 7.91. The Balaban J connectivity index is 2.09. The molecule has 0 bridgehead atoms. The molecule has 25 heavy (non-hydrogen) atoms. The van der Waals surface area contributed by atoms with Gasteiger partial charge in [-0.25, -0.2) is 12.8 Å². The van der Waals surface area contributed by atoms with Crippen LogP contribution >= 0.6 is 23.8 Å². The van der Waals surface area contributed by atoms with Crippen molar-refractivity contribution in [1.82, 2.24) is 9.80 Å². The van der Waals surface area contributed by atoms with Gasteiger partial charge in [-0.3, -0.25) is 0 Å². The number of hydrogen-bond donors (Lipinski definition) is 1. The molecular weight excluding hydrogens is 385 g/mol. The number of benzene rings is 1. The molecule has 0 aromatic heterocycles. The molecule has 5 nitrogen and oxygen atoms in total. The standard InChI is InChI=1S/C16H23ClFN3O2S2/c1-20(2)7-3-8-21(13-6-9-25(22,23)11-13)16(24)19-12-4-5-15(18)14(17)10-12/h4-5,10,13H,3,6-9,11H2,1-2H3,(H,19,24)/t13-/m1/s1. The third-order valence-corrected chi connectivity index (χ3v) is 6.46. The van der Waals surface area contributed by atoms with Gasteiger partial charge in [-0.05, 0) is 63.9 Å². The average molecular weight is 408 g/mol. The summed E-state index contributed by atoms with van der Waals surface area (Å²) in [7, 11) is 0.964. The molecule has 1 saturated heterocycles. The van der Waals surface area contributed by atoms with Crippen molar-refractivity contribution in [2.45, 2.75) is 18.9 Å². The lowest BCUT2D eigenvalue weighted by Gasteiger charge is -2.31. The number of nitrogens with one attached hydrogen (secondary N) is 1. The molecule has 1 N–H and O–H groups in total. The van der Waals surface area contributed by atoms with Crippen molar-refractivity contribution in [3.63, 3.8) is 0 Å². The molecule has 1 heterocycles. The zero-order chi connectivity index (χ0) is 18.6. The number of anilines is 1.